The van der Waals surface area contributed by atoms with Crippen molar-refractivity contribution in [3.8, 4) is 0 Å². The van der Waals surface area contributed by atoms with Crippen LogP contribution in [0.4, 0.5) is 5.69 Å². The molecule has 0 spiro atoms. The van der Waals surface area contributed by atoms with Gasteiger partial charge in [-0.25, -0.2) is 0 Å². The van der Waals surface area contributed by atoms with Crippen molar-refractivity contribution in [3.63, 3.8) is 0 Å². The van der Waals surface area contributed by atoms with E-state index in [1.54, 1.807) is 0 Å². The fourth-order valence-electron chi connectivity index (χ4n) is 3.16. The lowest BCUT2D eigenvalue weighted by atomic mass is 9.85. The summed E-state index contributed by atoms with van der Waals surface area (Å²) in [5.74, 6) is 1.05. The highest BCUT2D eigenvalue weighted by molar-refractivity contribution is 5.85. The highest BCUT2D eigenvalue weighted by atomic mass is 35.5. The fraction of sp³-hybridized carbons (Fsp3) is 0.647. The summed E-state index contributed by atoms with van der Waals surface area (Å²) in [4.78, 5) is 0. The van der Waals surface area contributed by atoms with Crippen LogP contribution in [0.1, 0.15) is 63.4 Å². The zero-order chi connectivity index (χ0) is 12.6. The van der Waals surface area contributed by atoms with Crippen LogP contribution in [0.25, 0.3) is 0 Å². The van der Waals surface area contributed by atoms with Crippen molar-refractivity contribution in [2.24, 2.45) is 5.92 Å². The molecule has 1 fully saturated rings. The maximum atomic E-state index is 5.79. The van der Waals surface area contributed by atoms with Crippen LogP contribution in [0.3, 0.4) is 0 Å². The summed E-state index contributed by atoms with van der Waals surface area (Å²) in [6.07, 6.45) is 14.2. The quantitative estimate of drug-likeness (QED) is 0.550. The lowest BCUT2D eigenvalue weighted by Gasteiger charge is -2.21. The number of hydrogen-bond donors (Lipinski definition) is 1. The molecule has 0 aliphatic heterocycles. The number of aryl methyl sites for hydroxylation is 1. The maximum absolute atomic E-state index is 5.79. The number of hydrogen-bond acceptors (Lipinski definition) is 1. The van der Waals surface area contributed by atoms with Crippen LogP contribution in [0.2, 0.25) is 0 Å². The van der Waals surface area contributed by atoms with Gasteiger partial charge in [-0.3, -0.25) is 0 Å². The average Bonchev–Trinajstić information content (AvgIpc) is 2.40. The highest BCUT2D eigenvalue weighted by Crippen LogP contribution is 2.28. The smallest absolute Gasteiger partial charge is 0.0316 e. The molecule has 0 atom stereocenters. The van der Waals surface area contributed by atoms with Gasteiger partial charge in [0.25, 0.3) is 0 Å². The lowest BCUT2D eigenvalue weighted by Crippen LogP contribution is -2.05. The Kier molecular flexibility index (Phi) is 7.97. The van der Waals surface area contributed by atoms with Gasteiger partial charge in [0.05, 0.1) is 0 Å². The number of nitrogen functional groups attached to an aromatic ring is 1. The molecule has 0 radical (unpaired) electrons. The number of unbranched alkanes of at least 4 members (excludes halogenated alkanes) is 2. The van der Waals surface area contributed by atoms with Crippen LogP contribution in [-0.2, 0) is 6.42 Å². The van der Waals surface area contributed by atoms with Crippen LogP contribution < -0.4 is 5.73 Å². The molecule has 0 heterocycles. The first-order valence-corrected chi connectivity index (χ1v) is 7.69. The van der Waals surface area contributed by atoms with Crippen molar-refractivity contribution < 1.29 is 0 Å². The Morgan fingerprint density at radius 2 is 1.79 bits per heavy atom. The van der Waals surface area contributed by atoms with E-state index in [1.807, 2.05) is 6.07 Å². The third kappa shape index (κ3) is 6.33. The van der Waals surface area contributed by atoms with Gasteiger partial charge in [0.2, 0.25) is 0 Å². The van der Waals surface area contributed by atoms with E-state index in [9.17, 15) is 0 Å². The van der Waals surface area contributed by atoms with Gasteiger partial charge in [0.1, 0.15) is 0 Å². The topological polar surface area (TPSA) is 26.0 Å². The molecule has 1 aliphatic rings. The summed E-state index contributed by atoms with van der Waals surface area (Å²) < 4.78 is 0. The Hall–Kier alpha value is -0.690. The van der Waals surface area contributed by atoms with E-state index in [2.05, 4.69) is 18.2 Å². The third-order valence-corrected chi connectivity index (χ3v) is 4.25. The molecule has 1 aliphatic carbocycles. The summed E-state index contributed by atoms with van der Waals surface area (Å²) in [5.41, 5.74) is 8.08. The number of nitrogens with two attached hydrogens (primary N) is 1. The summed E-state index contributed by atoms with van der Waals surface area (Å²) in [6, 6.07) is 8.33. The standard InChI is InChI=1S/C17H27N.ClH/c18-17-13-7-12-16(14-17)11-6-2-5-10-15-8-3-1-4-9-15;/h7,12-15H,1-6,8-11,18H2;1H. The van der Waals surface area contributed by atoms with E-state index in [1.165, 1.54) is 69.8 Å². The second-order valence-corrected chi connectivity index (χ2v) is 5.85. The van der Waals surface area contributed by atoms with E-state index in [0.717, 1.165) is 11.6 Å². The number of halogens is 1. The van der Waals surface area contributed by atoms with Gasteiger partial charge >= 0.3 is 0 Å². The Balaban J connectivity index is 0.00000180. The molecule has 1 saturated carbocycles. The molecule has 19 heavy (non-hydrogen) atoms. The predicted molar refractivity (Wildman–Crippen MR) is 86.8 cm³/mol. The van der Waals surface area contributed by atoms with Crippen LogP contribution in [0.15, 0.2) is 24.3 Å². The average molecular weight is 282 g/mol. The highest BCUT2D eigenvalue weighted by Gasteiger charge is 2.12. The first-order chi connectivity index (χ1) is 8.84. The summed E-state index contributed by atoms with van der Waals surface area (Å²) in [7, 11) is 0. The first-order valence-electron chi connectivity index (χ1n) is 7.69. The summed E-state index contributed by atoms with van der Waals surface area (Å²) in [5, 5.41) is 0. The number of anilines is 1. The van der Waals surface area contributed by atoms with Gasteiger partial charge in [0.15, 0.2) is 0 Å². The third-order valence-electron chi connectivity index (χ3n) is 4.25. The van der Waals surface area contributed by atoms with E-state index >= 15 is 0 Å². The number of benzene rings is 1. The molecule has 108 valence electrons. The SMILES string of the molecule is Cl.Nc1cccc(CCCCCC2CCCCC2)c1. The van der Waals surface area contributed by atoms with Crippen molar-refractivity contribution in [2.45, 2.75) is 64.2 Å². The van der Waals surface area contributed by atoms with E-state index in [0.29, 0.717) is 0 Å². The van der Waals surface area contributed by atoms with Gasteiger partial charge in [-0.1, -0.05) is 63.5 Å². The largest absolute Gasteiger partial charge is 0.399 e. The minimum absolute atomic E-state index is 0. The predicted octanol–water partition coefficient (Wildman–Crippen LogP) is 5.37. The van der Waals surface area contributed by atoms with Gasteiger partial charge in [0, 0.05) is 5.69 Å². The van der Waals surface area contributed by atoms with Gasteiger partial charge < -0.3 is 5.73 Å². The lowest BCUT2D eigenvalue weighted by molar-refractivity contribution is 0.328. The monoisotopic (exact) mass is 281 g/mol. The molecular formula is C17H28ClN. The normalized spacial score (nSPS) is 16.0. The molecule has 2 heteroatoms. The molecule has 0 bridgehead atoms. The Morgan fingerprint density at radius 1 is 1.00 bits per heavy atom. The molecule has 1 aromatic rings. The van der Waals surface area contributed by atoms with Gasteiger partial charge in [-0.2, -0.15) is 0 Å². The minimum Gasteiger partial charge on any atom is -0.399 e. The van der Waals surface area contributed by atoms with Crippen LogP contribution in [-0.4, -0.2) is 0 Å². The Labute approximate surface area is 124 Å². The van der Waals surface area contributed by atoms with Crippen LogP contribution in [0.5, 0.6) is 0 Å². The van der Waals surface area contributed by atoms with Gasteiger partial charge in [-0.05, 0) is 36.5 Å². The van der Waals surface area contributed by atoms with E-state index in [4.69, 9.17) is 5.73 Å². The maximum Gasteiger partial charge on any atom is 0.0316 e. The summed E-state index contributed by atoms with van der Waals surface area (Å²) in [6.45, 7) is 0. The van der Waals surface area contributed by atoms with Crippen molar-refractivity contribution in [1.29, 1.82) is 0 Å². The van der Waals surface area contributed by atoms with Crippen molar-refractivity contribution in [2.75, 3.05) is 5.73 Å². The molecule has 0 saturated heterocycles. The van der Waals surface area contributed by atoms with Crippen molar-refractivity contribution in [1.82, 2.24) is 0 Å². The Morgan fingerprint density at radius 3 is 2.53 bits per heavy atom. The molecule has 0 amide bonds. The van der Waals surface area contributed by atoms with Crippen molar-refractivity contribution in [3.05, 3.63) is 29.8 Å². The second kappa shape index (κ2) is 9.25. The molecule has 2 rings (SSSR count). The van der Waals surface area contributed by atoms with Gasteiger partial charge in [-0.15, -0.1) is 12.4 Å². The van der Waals surface area contributed by atoms with Crippen molar-refractivity contribution >= 4 is 18.1 Å². The Bertz CT molecular complexity index is 345. The summed E-state index contributed by atoms with van der Waals surface area (Å²) >= 11 is 0. The minimum atomic E-state index is 0. The second-order valence-electron chi connectivity index (χ2n) is 5.85. The van der Waals surface area contributed by atoms with Crippen LogP contribution >= 0.6 is 12.4 Å². The zero-order valence-electron chi connectivity index (χ0n) is 11.9. The zero-order valence-corrected chi connectivity index (χ0v) is 12.8. The molecular weight excluding hydrogens is 254 g/mol. The number of rotatable bonds is 6. The molecule has 1 aromatic carbocycles. The van der Waals surface area contributed by atoms with E-state index in [-0.39, 0.29) is 12.4 Å². The molecule has 0 aromatic heterocycles. The first kappa shape index (κ1) is 16.4. The fourth-order valence-corrected chi connectivity index (χ4v) is 3.16. The molecule has 2 N–H and O–H groups in total. The van der Waals surface area contributed by atoms with Crippen LogP contribution in [0, 0.1) is 5.92 Å². The molecule has 0 unspecified atom stereocenters. The molecule has 1 nitrogen and oxygen atoms in total. The van der Waals surface area contributed by atoms with E-state index < -0.39 is 0 Å².